The normalized spacial score (nSPS) is 23.2. The molecule has 1 unspecified atom stereocenters. The monoisotopic (exact) mass is 288 g/mol. The standard InChI is InChI=1S/C17H24N2O2/c1-19(12-17(21)10-4-5-11-17)16(20)15-9-8-13-6-2-3-7-14(13)18-15/h2-3,6-7,15,18,21H,4-5,8-12H2,1H3. The Bertz CT molecular complexity index is 523. The number of amides is 1. The molecule has 1 fully saturated rings. The average Bonchev–Trinajstić information content (AvgIpc) is 2.92. The third kappa shape index (κ3) is 3.05. The van der Waals surface area contributed by atoms with Gasteiger partial charge in [-0.15, -0.1) is 0 Å². The molecule has 1 atom stereocenters. The molecule has 1 aromatic carbocycles. The fourth-order valence-electron chi connectivity index (χ4n) is 3.60. The van der Waals surface area contributed by atoms with Gasteiger partial charge in [0.2, 0.25) is 5.91 Å². The van der Waals surface area contributed by atoms with E-state index in [0.717, 1.165) is 44.2 Å². The quantitative estimate of drug-likeness (QED) is 0.896. The predicted molar refractivity (Wildman–Crippen MR) is 83.2 cm³/mol. The van der Waals surface area contributed by atoms with E-state index >= 15 is 0 Å². The molecular formula is C17H24N2O2. The van der Waals surface area contributed by atoms with E-state index in [1.54, 1.807) is 11.9 Å². The number of hydrogen-bond donors (Lipinski definition) is 2. The molecule has 2 N–H and O–H groups in total. The summed E-state index contributed by atoms with van der Waals surface area (Å²) in [5.74, 6) is 0.0878. The lowest BCUT2D eigenvalue weighted by Crippen LogP contribution is -2.48. The van der Waals surface area contributed by atoms with Gasteiger partial charge in [0.25, 0.3) is 0 Å². The first-order valence-electron chi connectivity index (χ1n) is 7.89. The highest BCUT2D eigenvalue weighted by molar-refractivity contribution is 5.85. The van der Waals surface area contributed by atoms with E-state index in [4.69, 9.17) is 0 Å². The number of hydrogen-bond acceptors (Lipinski definition) is 3. The molecule has 4 nitrogen and oxygen atoms in total. The highest BCUT2D eigenvalue weighted by atomic mass is 16.3. The van der Waals surface area contributed by atoms with Crippen molar-refractivity contribution in [2.24, 2.45) is 0 Å². The molecule has 0 radical (unpaired) electrons. The van der Waals surface area contributed by atoms with Crippen LogP contribution in [0.4, 0.5) is 5.69 Å². The van der Waals surface area contributed by atoms with Crippen LogP contribution in [0.25, 0.3) is 0 Å². The Morgan fingerprint density at radius 2 is 2.10 bits per heavy atom. The summed E-state index contributed by atoms with van der Waals surface area (Å²) in [4.78, 5) is 14.3. The molecule has 1 aliphatic carbocycles. The van der Waals surface area contributed by atoms with Gasteiger partial charge in [-0.25, -0.2) is 0 Å². The van der Waals surface area contributed by atoms with Crippen molar-refractivity contribution in [2.45, 2.75) is 50.2 Å². The van der Waals surface area contributed by atoms with Crippen molar-refractivity contribution < 1.29 is 9.90 Å². The Hall–Kier alpha value is -1.55. The van der Waals surface area contributed by atoms with Crippen LogP contribution in [0.3, 0.4) is 0 Å². The van der Waals surface area contributed by atoms with Crippen molar-refractivity contribution in [1.82, 2.24) is 4.90 Å². The van der Waals surface area contributed by atoms with Gasteiger partial charge in [-0.1, -0.05) is 31.0 Å². The number of carbonyl (C=O) groups is 1. The van der Waals surface area contributed by atoms with Crippen LogP contribution >= 0.6 is 0 Å². The number of anilines is 1. The van der Waals surface area contributed by atoms with Crippen LogP contribution in [0.5, 0.6) is 0 Å². The van der Waals surface area contributed by atoms with Crippen molar-refractivity contribution in [3.8, 4) is 0 Å². The summed E-state index contributed by atoms with van der Waals surface area (Å²) < 4.78 is 0. The van der Waals surface area contributed by atoms with Crippen LogP contribution in [-0.2, 0) is 11.2 Å². The molecule has 1 aliphatic heterocycles. The Kier molecular flexibility index (Phi) is 3.89. The molecule has 4 heteroatoms. The zero-order valence-electron chi connectivity index (χ0n) is 12.6. The van der Waals surface area contributed by atoms with Crippen molar-refractivity contribution in [3.63, 3.8) is 0 Å². The van der Waals surface area contributed by atoms with E-state index in [1.165, 1.54) is 5.56 Å². The van der Waals surface area contributed by atoms with Crippen molar-refractivity contribution >= 4 is 11.6 Å². The topological polar surface area (TPSA) is 52.6 Å². The van der Waals surface area contributed by atoms with Crippen LogP contribution in [-0.4, -0.2) is 41.1 Å². The fourth-order valence-corrected chi connectivity index (χ4v) is 3.60. The average molecular weight is 288 g/mol. The van der Waals surface area contributed by atoms with E-state index in [-0.39, 0.29) is 11.9 Å². The zero-order chi connectivity index (χ0) is 14.9. The van der Waals surface area contributed by atoms with Crippen molar-refractivity contribution in [2.75, 3.05) is 18.9 Å². The third-order valence-electron chi connectivity index (χ3n) is 4.79. The van der Waals surface area contributed by atoms with E-state index in [1.807, 2.05) is 18.2 Å². The van der Waals surface area contributed by atoms with E-state index in [0.29, 0.717) is 6.54 Å². The molecule has 1 amide bonds. The minimum atomic E-state index is -0.670. The van der Waals surface area contributed by atoms with E-state index in [2.05, 4.69) is 11.4 Å². The van der Waals surface area contributed by atoms with Crippen molar-refractivity contribution in [1.29, 1.82) is 0 Å². The number of aryl methyl sites for hydroxylation is 1. The number of nitrogens with one attached hydrogen (secondary N) is 1. The zero-order valence-corrected chi connectivity index (χ0v) is 12.6. The molecule has 0 aromatic heterocycles. The summed E-state index contributed by atoms with van der Waals surface area (Å²) in [6, 6.07) is 7.98. The summed E-state index contributed by atoms with van der Waals surface area (Å²) in [6.07, 6.45) is 5.49. The molecule has 114 valence electrons. The van der Waals surface area contributed by atoms with Crippen LogP contribution in [0, 0.1) is 0 Å². The summed E-state index contributed by atoms with van der Waals surface area (Å²) >= 11 is 0. The first-order chi connectivity index (χ1) is 10.1. The summed E-state index contributed by atoms with van der Waals surface area (Å²) in [5, 5.41) is 13.8. The second-order valence-electron chi connectivity index (χ2n) is 6.52. The number of benzene rings is 1. The van der Waals surface area contributed by atoms with Gasteiger partial charge in [0.15, 0.2) is 0 Å². The van der Waals surface area contributed by atoms with Crippen LogP contribution in [0.15, 0.2) is 24.3 Å². The lowest BCUT2D eigenvalue weighted by Gasteiger charge is -2.33. The van der Waals surface area contributed by atoms with E-state index < -0.39 is 5.60 Å². The first-order valence-corrected chi connectivity index (χ1v) is 7.89. The van der Waals surface area contributed by atoms with Gasteiger partial charge in [-0.2, -0.15) is 0 Å². The maximum Gasteiger partial charge on any atom is 0.244 e. The number of fused-ring (bicyclic) bond motifs is 1. The minimum Gasteiger partial charge on any atom is -0.388 e. The van der Waals surface area contributed by atoms with Crippen molar-refractivity contribution in [3.05, 3.63) is 29.8 Å². The van der Waals surface area contributed by atoms with Gasteiger partial charge in [-0.3, -0.25) is 4.79 Å². The number of rotatable bonds is 3. The number of carbonyl (C=O) groups excluding carboxylic acids is 1. The summed E-state index contributed by atoms with van der Waals surface area (Å²) in [6.45, 7) is 0.450. The second-order valence-corrected chi connectivity index (χ2v) is 6.52. The molecule has 1 aromatic rings. The summed E-state index contributed by atoms with van der Waals surface area (Å²) in [5.41, 5.74) is 1.67. The molecule has 0 spiro atoms. The lowest BCUT2D eigenvalue weighted by molar-refractivity contribution is -0.134. The van der Waals surface area contributed by atoms with Gasteiger partial charge >= 0.3 is 0 Å². The number of aliphatic hydroxyl groups is 1. The molecule has 1 saturated carbocycles. The highest BCUT2D eigenvalue weighted by Gasteiger charge is 2.35. The maximum absolute atomic E-state index is 12.6. The van der Waals surface area contributed by atoms with Gasteiger partial charge in [0, 0.05) is 19.3 Å². The van der Waals surface area contributed by atoms with Gasteiger partial charge < -0.3 is 15.3 Å². The predicted octanol–water partition coefficient (Wildman–Crippen LogP) is 2.18. The summed E-state index contributed by atoms with van der Waals surface area (Å²) in [7, 11) is 1.81. The van der Waals surface area contributed by atoms with Crippen LogP contribution < -0.4 is 5.32 Å². The fraction of sp³-hybridized carbons (Fsp3) is 0.588. The largest absolute Gasteiger partial charge is 0.388 e. The molecule has 2 aliphatic rings. The van der Waals surface area contributed by atoms with Gasteiger partial charge in [0.1, 0.15) is 6.04 Å². The highest BCUT2D eigenvalue weighted by Crippen LogP contribution is 2.30. The Morgan fingerprint density at radius 3 is 2.86 bits per heavy atom. The number of likely N-dealkylation sites (N-methyl/N-ethyl adjacent to an activating group) is 1. The Balaban J connectivity index is 1.63. The molecule has 3 rings (SSSR count). The smallest absolute Gasteiger partial charge is 0.244 e. The maximum atomic E-state index is 12.6. The van der Waals surface area contributed by atoms with E-state index in [9.17, 15) is 9.90 Å². The lowest BCUT2D eigenvalue weighted by atomic mass is 9.96. The molecule has 0 bridgehead atoms. The number of nitrogens with zero attached hydrogens (tertiary/aromatic N) is 1. The Morgan fingerprint density at radius 1 is 1.38 bits per heavy atom. The number of para-hydroxylation sites is 1. The molecule has 0 saturated heterocycles. The third-order valence-corrected chi connectivity index (χ3v) is 4.79. The SMILES string of the molecule is CN(CC1(O)CCCC1)C(=O)C1CCc2ccccc2N1. The second kappa shape index (κ2) is 5.68. The first kappa shape index (κ1) is 14.4. The minimum absolute atomic E-state index is 0.0878. The van der Waals surface area contributed by atoms with Gasteiger partial charge in [-0.05, 0) is 37.3 Å². The molecule has 21 heavy (non-hydrogen) atoms. The molecule has 1 heterocycles. The van der Waals surface area contributed by atoms with Crippen LogP contribution in [0.2, 0.25) is 0 Å². The van der Waals surface area contributed by atoms with Gasteiger partial charge in [0.05, 0.1) is 5.60 Å². The Labute approximate surface area is 126 Å². The molecular weight excluding hydrogens is 264 g/mol. The van der Waals surface area contributed by atoms with Crippen LogP contribution in [0.1, 0.15) is 37.7 Å².